The van der Waals surface area contributed by atoms with Crippen molar-refractivity contribution in [3.05, 3.63) is 54.0 Å². The number of methoxy groups -OCH3 is 1. The molecule has 1 aliphatic rings. The van der Waals surface area contributed by atoms with E-state index in [0.717, 1.165) is 23.5 Å². The minimum Gasteiger partial charge on any atom is -0.497 e. The number of nitrogens with one attached hydrogen (secondary N) is 1. The van der Waals surface area contributed by atoms with Gasteiger partial charge in [-0.2, -0.15) is 5.10 Å². The van der Waals surface area contributed by atoms with Crippen LogP contribution in [0.1, 0.15) is 16.1 Å². The van der Waals surface area contributed by atoms with E-state index in [1.54, 1.807) is 36.2 Å². The van der Waals surface area contributed by atoms with Crippen molar-refractivity contribution in [2.45, 2.75) is 6.42 Å². The summed E-state index contributed by atoms with van der Waals surface area (Å²) >= 11 is 0. The van der Waals surface area contributed by atoms with Gasteiger partial charge in [-0.3, -0.25) is 4.79 Å². The molecule has 25 heavy (non-hydrogen) atoms. The van der Waals surface area contributed by atoms with E-state index in [2.05, 4.69) is 15.4 Å². The van der Waals surface area contributed by atoms with E-state index in [9.17, 15) is 4.79 Å². The molecule has 0 aliphatic carbocycles. The number of aromatic nitrogens is 3. The van der Waals surface area contributed by atoms with E-state index in [0.29, 0.717) is 24.5 Å². The average Bonchev–Trinajstić information content (AvgIpc) is 3.10. The van der Waals surface area contributed by atoms with Gasteiger partial charge in [-0.25, -0.2) is 9.50 Å². The molecule has 1 atom stereocenters. The largest absolute Gasteiger partial charge is 0.497 e. The lowest BCUT2D eigenvalue weighted by atomic mass is 9.96. The number of ether oxygens (including phenoxy) is 2. The van der Waals surface area contributed by atoms with Gasteiger partial charge >= 0.3 is 0 Å². The molecule has 1 unspecified atom stereocenters. The van der Waals surface area contributed by atoms with Crippen molar-refractivity contribution in [2.24, 2.45) is 5.92 Å². The van der Waals surface area contributed by atoms with E-state index in [4.69, 9.17) is 9.47 Å². The Kier molecular flexibility index (Phi) is 3.97. The van der Waals surface area contributed by atoms with E-state index in [1.165, 1.54) is 0 Å². The predicted molar refractivity (Wildman–Crippen MR) is 91.0 cm³/mol. The van der Waals surface area contributed by atoms with Crippen LogP contribution in [0.2, 0.25) is 0 Å². The van der Waals surface area contributed by atoms with E-state index in [1.807, 2.05) is 18.2 Å². The number of hydrogen-bond acceptors (Lipinski definition) is 5. The highest BCUT2D eigenvalue weighted by Gasteiger charge is 2.21. The Labute approximate surface area is 144 Å². The molecule has 1 aromatic carbocycles. The van der Waals surface area contributed by atoms with Crippen LogP contribution in [0, 0.1) is 5.92 Å². The quantitative estimate of drug-likeness (QED) is 0.784. The smallest absolute Gasteiger partial charge is 0.271 e. The molecule has 7 heteroatoms. The number of amides is 1. The highest BCUT2D eigenvalue weighted by molar-refractivity contribution is 5.93. The normalized spacial score (nSPS) is 16.1. The maximum atomic E-state index is 12.3. The molecule has 2 aromatic heterocycles. The van der Waals surface area contributed by atoms with Crippen LogP contribution in [-0.4, -0.2) is 40.8 Å². The lowest BCUT2D eigenvalue weighted by molar-refractivity contribution is 0.0933. The monoisotopic (exact) mass is 338 g/mol. The summed E-state index contributed by atoms with van der Waals surface area (Å²) in [7, 11) is 1.64. The molecular formula is C18H18N4O3. The third-order valence-corrected chi connectivity index (χ3v) is 4.28. The van der Waals surface area contributed by atoms with Gasteiger partial charge in [0.05, 0.1) is 13.7 Å². The van der Waals surface area contributed by atoms with Gasteiger partial charge in [0.15, 0.2) is 11.3 Å². The highest BCUT2D eigenvalue weighted by atomic mass is 16.5. The van der Waals surface area contributed by atoms with Crippen molar-refractivity contribution < 1.29 is 14.3 Å². The van der Waals surface area contributed by atoms with Gasteiger partial charge in [-0.15, -0.1) is 0 Å². The molecule has 3 aromatic rings. The van der Waals surface area contributed by atoms with Crippen LogP contribution >= 0.6 is 0 Å². The lowest BCUT2D eigenvalue weighted by Crippen LogP contribution is -2.35. The van der Waals surface area contributed by atoms with E-state index >= 15 is 0 Å². The first-order chi connectivity index (χ1) is 12.2. The van der Waals surface area contributed by atoms with E-state index < -0.39 is 0 Å². The molecule has 0 saturated carbocycles. The summed E-state index contributed by atoms with van der Waals surface area (Å²) in [6.45, 7) is 1.10. The zero-order valence-corrected chi connectivity index (χ0v) is 13.8. The van der Waals surface area contributed by atoms with Crippen LogP contribution in [0.25, 0.3) is 5.65 Å². The van der Waals surface area contributed by atoms with Crippen molar-refractivity contribution in [3.8, 4) is 11.5 Å². The Balaban J connectivity index is 1.39. The van der Waals surface area contributed by atoms with Gasteiger partial charge in [0.25, 0.3) is 5.91 Å². The molecule has 7 nitrogen and oxygen atoms in total. The van der Waals surface area contributed by atoms with Crippen LogP contribution in [0.15, 0.2) is 42.7 Å². The number of rotatable bonds is 4. The fourth-order valence-electron chi connectivity index (χ4n) is 2.94. The Morgan fingerprint density at radius 3 is 3.20 bits per heavy atom. The van der Waals surface area contributed by atoms with Crippen molar-refractivity contribution in [3.63, 3.8) is 0 Å². The second kappa shape index (κ2) is 6.43. The molecule has 3 heterocycles. The van der Waals surface area contributed by atoms with Crippen molar-refractivity contribution in [1.29, 1.82) is 0 Å². The van der Waals surface area contributed by atoms with Gasteiger partial charge < -0.3 is 14.8 Å². The standard InChI is InChI=1S/C18H18N4O3/c1-24-14-4-3-13-7-12(11-25-16(13)8-14)10-20-18(23)15-9-17-19-5-2-6-22(17)21-15/h2-6,8-9,12H,7,10-11H2,1H3,(H,20,23). The summed E-state index contributed by atoms with van der Waals surface area (Å²) < 4.78 is 12.6. The third-order valence-electron chi connectivity index (χ3n) is 4.28. The molecule has 0 radical (unpaired) electrons. The number of nitrogens with zero attached hydrogens (tertiary/aromatic N) is 3. The van der Waals surface area contributed by atoms with Gasteiger partial charge in [-0.05, 0) is 24.1 Å². The summed E-state index contributed by atoms with van der Waals surface area (Å²) in [4.78, 5) is 16.5. The van der Waals surface area contributed by atoms with Gasteiger partial charge in [-0.1, -0.05) is 6.07 Å². The fraction of sp³-hybridized carbons (Fsp3) is 0.278. The Morgan fingerprint density at radius 2 is 2.36 bits per heavy atom. The van der Waals surface area contributed by atoms with Crippen molar-refractivity contribution >= 4 is 11.6 Å². The third kappa shape index (κ3) is 3.13. The Bertz CT molecular complexity index is 889. The first-order valence-electron chi connectivity index (χ1n) is 8.11. The topological polar surface area (TPSA) is 77.8 Å². The number of fused-ring (bicyclic) bond motifs is 2. The van der Waals surface area contributed by atoms with Crippen molar-refractivity contribution in [2.75, 3.05) is 20.3 Å². The molecule has 4 rings (SSSR count). The molecule has 0 bridgehead atoms. The molecule has 0 spiro atoms. The first kappa shape index (κ1) is 15.4. The predicted octanol–water partition coefficient (Wildman–Crippen LogP) is 1.72. The number of carbonyl (C=O) groups excluding carboxylic acids is 1. The van der Waals surface area contributed by atoms with Crippen LogP contribution in [0.4, 0.5) is 0 Å². The maximum Gasteiger partial charge on any atom is 0.271 e. The number of benzene rings is 1. The molecule has 0 saturated heterocycles. The lowest BCUT2D eigenvalue weighted by Gasteiger charge is -2.25. The first-order valence-corrected chi connectivity index (χ1v) is 8.11. The number of carbonyl (C=O) groups is 1. The van der Waals surface area contributed by atoms with E-state index in [-0.39, 0.29) is 11.8 Å². The van der Waals surface area contributed by atoms with Crippen LogP contribution in [0.3, 0.4) is 0 Å². The molecule has 0 fully saturated rings. The molecule has 128 valence electrons. The van der Waals surface area contributed by atoms with Gasteiger partial charge in [0, 0.05) is 37.0 Å². The second-order valence-electron chi connectivity index (χ2n) is 6.02. The minimum absolute atomic E-state index is 0.203. The van der Waals surface area contributed by atoms with Gasteiger partial charge in [0.1, 0.15) is 11.5 Å². The summed E-state index contributed by atoms with van der Waals surface area (Å²) in [5, 5.41) is 7.16. The van der Waals surface area contributed by atoms with Gasteiger partial charge in [0.2, 0.25) is 0 Å². The Hall–Kier alpha value is -3.09. The van der Waals surface area contributed by atoms with Crippen LogP contribution < -0.4 is 14.8 Å². The molecule has 1 amide bonds. The zero-order valence-electron chi connectivity index (χ0n) is 13.8. The minimum atomic E-state index is -0.203. The second-order valence-corrected chi connectivity index (χ2v) is 6.02. The summed E-state index contributed by atoms with van der Waals surface area (Å²) in [6.07, 6.45) is 4.29. The summed E-state index contributed by atoms with van der Waals surface area (Å²) in [5.41, 5.74) is 2.14. The summed E-state index contributed by atoms with van der Waals surface area (Å²) in [5.74, 6) is 1.66. The number of hydrogen-bond donors (Lipinski definition) is 1. The summed E-state index contributed by atoms with van der Waals surface area (Å²) in [6, 6.07) is 9.28. The zero-order chi connectivity index (χ0) is 17.2. The average molecular weight is 338 g/mol. The van der Waals surface area contributed by atoms with Crippen molar-refractivity contribution in [1.82, 2.24) is 19.9 Å². The highest BCUT2D eigenvalue weighted by Crippen LogP contribution is 2.30. The SMILES string of the molecule is COc1ccc2c(c1)OCC(CNC(=O)c1cc3ncccn3n1)C2. The maximum absolute atomic E-state index is 12.3. The van der Waals surface area contributed by atoms with Crippen LogP contribution in [0.5, 0.6) is 11.5 Å². The fourth-order valence-corrected chi connectivity index (χ4v) is 2.94. The van der Waals surface area contributed by atoms with Crippen LogP contribution in [-0.2, 0) is 6.42 Å². The molecular weight excluding hydrogens is 320 g/mol. The molecule has 1 N–H and O–H groups in total. The molecule has 1 aliphatic heterocycles. The Morgan fingerprint density at radius 1 is 1.44 bits per heavy atom.